The first kappa shape index (κ1) is 15.1. The Morgan fingerprint density at radius 1 is 1.29 bits per heavy atom. The van der Waals surface area contributed by atoms with E-state index in [2.05, 4.69) is 30.1 Å². The second-order valence-electron chi connectivity index (χ2n) is 6.87. The average molecular weight is 290 g/mol. The van der Waals surface area contributed by atoms with E-state index in [1.54, 1.807) is 0 Å². The number of aryl methyl sites for hydroxylation is 1. The van der Waals surface area contributed by atoms with Crippen molar-refractivity contribution in [1.29, 1.82) is 0 Å². The maximum atomic E-state index is 6.10. The highest BCUT2D eigenvalue weighted by molar-refractivity contribution is 5.20. The summed E-state index contributed by atoms with van der Waals surface area (Å²) in [6.07, 6.45) is 8.28. The van der Waals surface area contributed by atoms with E-state index in [4.69, 9.17) is 4.42 Å². The zero-order valence-electron chi connectivity index (χ0n) is 13.7. The summed E-state index contributed by atoms with van der Waals surface area (Å²) in [5.74, 6) is 3.24. The Bertz CT molecular complexity index is 454. The molecular weight excluding hydrogens is 260 g/mol. The summed E-state index contributed by atoms with van der Waals surface area (Å²) in [6.45, 7) is 8.57. The maximum absolute atomic E-state index is 6.10. The van der Waals surface area contributed by atoms with Gasteiger partial charge in [-0.25, -0.2) is 0 Å². The molecule has 2 atom stereocenters. The third-order valence-electron chi connectivity index (χ3n) is 5.27. The molecule has 0 spiro atoms. The van der Waals surface area contributed by atoms with Gasteiger partial charge < -0.3 is 9.73 Å². The molecule has 1 aromatic heterocycles. The lowest BCUT2D eigenvalue weighted by atomic mass is 9.85. The highest BCUT2D eigenvalue weighted by atomic mass is 16.3. The molecule has 0 aromatic carbocycles. The summed E-state index contributed by atoms with van der Waals surface area (Å²) in [7, 11) is 0. The largest absolute Gasteiger partial charge is 0.463 e. The number of rotatable bonds is 6. The van der Waals surface area contributed by atoms with Gasteiger partial charge in [-0.1, -0.05) is 19.8 Å². The van der Waals surface area contributed by atoms with Crippen molar-refractivity contribution in [3.8, 4) is 0 Å². The maximum Gasteiger partial charge on any atom is 0.120 e. The fourth-order valence-electron chi connectivity index (χ4n) is 4.12. The molecule has 21 heavy (non-hydrogen) atoms. The van der Waals surface area contributed by atoms with Crippen LogP contribution in [0, 0.1) is 12.8 Å². The molecule has 3 heteroatoms. The van der Waals surface area contributed by atoms with Crippen LogP contribution in [-0.2, 0) is 13.1 Å². The van der Waals surface area contributed by atoms with Gasteiger partial charge in [-0.05, 0) is 63.2 Å². The van der Waals surface area contributed by atoms with Crippen LogP contribution in [0.3, 0.4) is 0 Å². The molecule has 2 aliphatic rings. The molecule has 0 amide bonds. The van der Waals surface area contributed by atoms with Crippen LogP contribution in [0.1, 0.15) is 62.5 Å². The van der Waals surface area contributed by atoms with Crippen molar-refractivity contribution in [3.05, 3.63) is 23.2 Å². The molecule has 1 aromatic rings. The smallest absolute Gasteiger partial charge is 0.120 e. The number of furan rings is 1. The minimum absolute atomic E-state index is 0.825. The van der Waals surface area contributed by atoms with Crippen molar-refractivity contribution in [2.24, 2.45) is 5.92 Å². The van der Waals surface area contributed by atoms with Crippen LogP contribution >= 0.6 is 0 Å². The SMILES string of the molecule is CCCNCc1oc(CN2CCC3CCCCC32)cc1C. The number of nitrogens with one attached hydrogen (secondary N) is 1. The van der Waals surface area contributed by atoms with Crippen LogP contribution in [0.25, 0.3) is 0 Å². The normalized spacial score (nSPS) is 26.2. The number of hydrogen-bond acceptors (Lipinski definition) is 3. The van der Waals surface area contributed by atoms with Gasteiger partial charge in [0.1, 0.15) is 11.5 Å². The number of nitrogens with zero attached hydrogens (tertiary/aromatic N) is 1. The van der Waals surface area contributed by atoms with Crippen LogP contribution in [0.15, 0.2) is 10.5 Å². The van der Waals surface area contributed by atoms with E-state index in [1.165, 1.54) is 50.6 Å². The first-order valence-corrected chi connectivity index (χ1v) is 8.81. The molecule has 1 aliphatic heterocycles. The molecule has 0 radical (unpaired) electrons. The second kappa shape index (κ2) is 6.97. The first-order valence-electron chi connectivity index (χ1n) is 8.81. The van der Waals surface area contributed by atoms with Gasteiger partial charge in [-0.2, -0.15) is 0 Å². The minimum atomic E-state index is 0.825. The van der Waals surface area contributed by atoms with E-state index in [1.807, 2.05) is 0 Å². The van der Waals surface area contributed by atoms with E-state index < -0.39 is 0 Å². The second-order valence-corrected chi connectivity index (χ2v) is 6.87. The third-order valence-corrected chi connectivity index (χ3v) is 5.27. The van der Waals surface area contributed by atoms with Gasteiger partial charge in [0.15, 0.2) is 0 Å². The monoisotopic (exact) mass is 290 g/mol. The predicted molar refractivity (Wildman–Crippen MR) is 86.2 cm³/mol. The highest BCUT2D eigenvalue weighted by Crippen LogP contribution is 2.37. The summed E-state index contributed by atoms with van der Waals surface area (Å²) in [4.78, 5) is 2.67. The van der Waals surface area contributed by atoms with E-state index in [0.717, 1.165) is 43.1 Å². The third kappa shape index (κ3) is 3.51. The first-order chi connectivity index (χ1) is 10.3. The zero-order valence-corrected chi connectivity index (χ0v) is 13.7. The Morgan fingerprint density at radius 2 is 2.14 bits per heavy atom. The minimum Gasteiger partial charge on any atom is -0.463 e. The Balaban J connectivity index is 1.58. The number of fused-ring (bicyclic) bond motifs is 1. The zero-order chi connectivity index (χ0) is 14.7. The molecule has 118 valence electrons. The van der Waals surface area contributed by atoms with E-state index in [9.17, 15) is 0 Å². The van der Waals surface area contributed by atoms with Gasteiger partial charge in [0.05, 0.1) is 13.1 Å². The summed E-state index contributed by atoms with van der Waals surface area (Å²) < 4.78 is 6.10. The molecule has 3 nitrogen and oxygen atoms in total. The quantitative estimate of drug-likeness (QED) is 0.807. The van der Waals surface area contributed by atoms with Crippen LogP contribution in [0.4, 0.5) is 0 Å². The van der Waals surface area contributed by atoms with Crippen LogP contribution in [-0.4, -0.2) is 24.0 Å². The molecule has 1 saturated heterocycles. The molecule has 2 fully saturated rings. The topological polar surface area (TPSA) is 28.4 Å². The molecular formula is C18H30N2O. The fourth-order valence-corrected chi connectivity index (χ4v) is 4.12. The Kier molecular flexibility index (Phi) is 5.02. The van der Waals surface area contributed by atoms with Gasteiger partial charge in [-0.3, -0.25) is 4.90 Å². The predicted octanol–water partition coefficient (Wildman–Crippen LogP) is 3.85. The highest BCUT2D eigenvalue weighted by Gasteiger charge is 2.35. The molecule has 2 unspecified atom stereocenters. The van der Waals surface area contributed by atoms with Gasteiger partial charge in [0, 0.05) is 6.04 Å². The van der Waals surface area contributed by atoms with Crippen molar-refractivity contribution in [2.75, 3.05) is 13.1 Å². The van der Waals surface area contributed by atoms with E-state index >= 15 is 0 Å². The fraction of sp³-hybridized carbons (Fsp3) is 0.778. The Morgan fingerprint density at radius 3 is 3.00 bits per heavy atom. The van der Waals surface area contributed by atoms with E-state index in [-0.39, 0.29) is 0 Å². The van der Waals surface area contributed by atoms with Crippen molar-refractivity contribution in [3.63, 3.8) is 0 Å². The molecule has 1 N–H and O–H groups in total. The lowest BCUT2D eigenvalue weighted by Crippen LogP contribution is -2.34. The molecule has 3 rings (SSSR count). The van der Waals surface area contributed by atoms with Crippen LogP contribution in [0.2, 0.25) is 0 Å². The number of hydrogen-bond donors (Lipinski definition) is 1. The van der Waals surface area contributed by atoms with Gasteiger partial charge in [-0.15, -0.1) is 0 Å². The Labute approximate surface area is 129 Å². The van der Waals surface area contributed by atoms with Crippen molar-refractivity contribution >= 4 is 0 Å². The van der Waals surface area contributed by atoms with Crippen LogP contribution in [0.5, 0.6) is 0 Å². The van der Waals surface area contributed by atoms with Gasteiger partial charge in [0.25, 0.3) is 0 Å². The molecule has 2 heterocycles. The average Bonchev–Trinajstić information content (AvgIpc) is 3.05. The number of likely N-dealkylation sites (tertiary alicyclic amines) is 1. The molecule has 1 saturated carbocycles. The standard InChI is InChI=1S/C18H30N2O/c1-3-9-19-12-18-14(2)11-16(21-18)13-20-10-8-15-6-4-5-7-17(15)20/h11,15,17,19H,3-10,12-13H2,1-2H3. The Hall–Kier alpha value is -0.800. The molecule has 1 aliphatic carbocycles. The molecule has 0 bridgehead atoms. The summed E-state index contributed by atoms with van der Waals surface area (Å²) in [5.41, 5.74) is 1.30. The van der Waals surface area contributed by atoms with Crippen molar-refractivity contribution < 1.29 is 4.42 Å². The van der Waals surface area contributed by atoms with Crippen molar-refractivity contribution in [2.45, 2.75) is 71.5 Å². The van der Waals surface area contributed by atoms with Crippen molar-refractivity contribution in [1.82, 2.24) is 10.2 Å². The lowest BCUT2D eigenvalue weighted by molar-refractivity contribution is 0.164. The lowest BCUT2D eigenvalue weighted by Gasteiger charge is -2.31. The van der Waals surface area contributed by atoms with Gasteiger partial charge in [0.2, 0.25) is 0 Å². The van der Waals surface area contributed by atoms with E-state index in [0.29, 0.717) is 0 Å². The summed E-state index contributed by atoms with van der Waals surface area (Å²) in [5, 5.41) is 3.44. The summed E-state index contributed by atoms with van der Waals surface area (Å²) in [6, 6.07) is 3.07. The van der Waals surface area contributed by atoms with Gasteiger partial charge >= 0.3 is 0 Å². The summed E-state index contributed by atoms with van der Waals surface area (Å²) >= 11 is 0. The van der Waals surface area contributed by atoms with Crippen LogP contribution < -0.4 is 5.32 Å².